The van der Waals surface area contributed by atoms with E-state index in [1.807, 2.05) is 0 Å². The number of rotatable bonds is 2. The summed E-state index contributed by atoms with van der Waals surface area (Å²) in [6.45, 7) is 0. The van der Waals surface area contributed by atoms with Crippen LogP contribution in [0.4, 0.5) is 11.4 Å². The van der Waals surface area contributed by atoms with Crippen molar-refractivity contribution in [3.05, 3.63) is 48.5 Å². The van der Waals surface area contributed by atoms with Gasteiger partial charge in [-0.2, -0.15) is 5.11 Å². The Morgan fingerprint density at radius 3 is 2.38 bits per heavy atom. The molecule has 2 aromatic rings. The average molecular weight is 214 g/mol. The monoisotopic (exact) mass is 214 g/mol. The third-order valence-electron chi connectivity index (χ3n) is 1.98. The highest BCUT2D eigenvalue weighted by Gasteiger charge is 1.96. The molecule has 4 nitrogen and oxygen atoms in total. The number of azo groups is 1. The predicted molar refractivity (Wildman–Crippen MR) is 60.4 cm³/mol. The van der Waals surface area contributed by atoms with Crippen molar-refractivity contribution in [3.8, 4) is 11.5 Å². The van der Waals surface area contributed by atoms with Crippen LogP contribution in [0.25, 0.3) is 0 Å². The van der Waals surface area contributed by atoms with Crippen molar-refractivity contribution in [3.63, 3.8) is 0 Å². The summed E-state index contributed by atoms with van der Waals surface area (Å²) in [6.07, 6.45) is 0. The van der Waals surface area contributed by atoms with E-state index in [2.05, 4.69) is 10.2 Å². The number of hydrogen-bond acceptors (Lipinski definition) is 4. The first-order valence-electron chi connectivity index (χ1n) is 4.74. The number of nitrogens with zero attached hydrogens (tertiary/aromatic N) is 2. The maximum absolute atomic E-state index is 9.44. The summed E-state index contributed by atoms with van der Waals surface area (Å²) in [5, 5.41) is 26.4. The molecule has 0 bridgehead atoms. The molecule has 4 heteroatoms. The van der Waals surface area contributed by atoms with Crippen LogP contribution in [-0.2, 0) is 0 Å². The van der Waals surface area contributed by atoms with Gasteiger partial charge in [0.1, 0.15) is 17.2 Å². The fourth-order valence-electron chi connectivity index (χ4n) is 1.22. The fraction of sp³-hybridized carbons (Fsp3) is 0. The summed E-state index contributed by atoms with van der Waals surface area (Å²) < 4.78 is 0. The molecule has 0 saturated heterocycles. The molecule has 2 N–H and O–H groups in total. The van der Waals surface area contributed by atoms with Gasteiger partial charge in [0.05, 0.1) is 5.69 Å². The molecule has 0 aliphatic carbocycles. The largest absolute Gasteiger partial charge is 0.508 e. The zero-order chi connectivity index (χ0) is 11.4. The van der Waals surface area contributed by atoms with Crippen molar-refractivity contribution in [2.75, 3.05) is 0 Å². The highest BCUT2D eigenvalue weighted by atomic mass is 16.3. The van der Waals surface area contributed by atoms with Gasteiger partial charge in [-0.3, -0.25) is 0 Å². The number of aromatic hydroxyl groups is 2. The van der Waals surface area contributed by atoms with E-state index < -0.39 is 0 Å². The fourth-order valence-corrected chi connectivity index (χ4v) is 1.22. The highest BCUT2D eigenvalue weighted by Crippen LogP contribution is 2.27. The molecule has 0 unspecified atom stereocenters. The standard InChI is InChI=1S/C12H10N2O2/c15-10-5-3-4-9(8-10)13-14-11-6-1-2-7-12(11)16/h1-8,15-16H. The lowest BCUT2D eigenvalue weighted by Gasteiger charge is -1.96. The van der Waals surface area contributed by atoms with Crippen molar-refractivity contribution in [2.45, 2.75) is 0 Å². The lowest BCUT2D eigenvalue weighted by molar-refractivity contribution is 0.475. The molecule has 0 radical (unpaired) electrons. The van der Waals surface area contributed by atoms with Crippen LogP contribution in [0, 0.1) is 0 Å². The lowest BCUT2D eigenvalue weighted by Crippen LogP contribution is -1.67. The van der Waals surface area contributed by atoms with E-state index in [0.717, 1.165) is 0 Å². The average Bonchev–Trinajstić information content (AvgIpc) is 2.28. The van der Waals surface area contributed by atoms with Gasteiger partial charge in [0.2, 0.25) is 0 Å². The van der Waals surface area contributed by atoms with E-state index >= 15 is 0 Å². The second-order valence-electron chi connectivity index (χ2n) is 3.21. The molecule has 0 atom stereocenters. The zero-order valence-corrected chi connectivity index (χ0v) is 8.41. The summed E-state index contributed by atoms with van der Waals surface area (Å²) in [5.74, 6) is 0.208. The first-order valence-corrected chi connectivity index (χ1v) is 4.74. The van der Waals surface area contributed by atoms with E-state index in [1.165, 1.54) is 12.1 Å². The van der Waals surface area contributed by atoms with Gasteiger partial charge in [0.15, 0.2) is 0 Å². The second-order valence-corrected chi connectivity index (χ2v) is 3.21. The highest BCUT2D eigenvalue weighted by molar-refractivity contribution is 5.50. The molecular weight excluding hydrogens is 204 g/mol. The number of phenolic OH excluding ortho intramolecular Hbond substituents is 2. The van der Waals surface area contributed by atoms with Gasteiger partial charge >= 0.3 is 0 Å². The van der Waals surface area contributed by atoms with Crippen LogP contribution in [0.3, 0.4) is 0 Å². The Balaban J connectivity index is 2.25. The van der Waals surface area contributed by atoms with Crippen molar-refractivity contribution >= 4 is 11.4 Å². The van der Waals surface area contributed by atoms with Crippen molar-refractivity contribution in [1.29, 1.82) is 0 Å². The summed E-state index contributed by atoms with van der Waals surface area (Å²) in [6, 6.07) is 13.1. The SMILES string of the molecule is Oc1cccc(N=Nc2ccccc2O)c1. The molecule has 0 aliphatic rings. The van der Waals surface area contributed by atoms with Gasteiger partial charge < -0.3 is 10.2 Å². The van der Waals surface area contributed by atoms with E-state index in [1.54, 1.807) is 36.4 Å². The number of benzene rings is 2. The summed E-state index contributed by atoms with van der Waals surface area (Å²) >= 11 is 0. The summed E-state index contributed by atoms with van der Waals surface area (Å²) in [5.41, 5.74) is 0.925. The van der Waals surface area contributed by atoms with Crippen LogP contribution in [-0.4, -0.2) is 10.2 Å². The third kappa shape index (κ3) is 2.36. The minimum absolute atomic E-state index is 0.0754. The molecule has 2 aromatic carbocycles. The van der Waals surface area contributed by atoms with Crippen molar-refractivity contribution < 1.29 is 10.2 Å². The van der Waals surface area contributed by atoms with E-state index in [0.29, 0.717) is 11.4 Å². The van der Waals surface area contributed by atoms with E-state index in [9.17, 15) is 10.2 Å². The van der Waals surface area contributed by atoms with Gasteiger partial charge in [-0.05, 0) is 24.3 Å². The van der Waals surface area contributed by atoms with Crippen LogP contribution in [0.2, 0.25) is 0 Å². The Bertz CT molecular complexity index is 524. The Hall–Kier alpha value is -2.36. The number of phenols is 2. The quantitative estimate of drug-likeness (QED) is 0.751. The summed E-state index contributed by atoms with van der Waals surface area (Å²) in [7, 11) is 0. The molecule has 80 valence electrons. The van der Waals surface area contributed by atoms with Gasteiger partial charge in [0, 0.05) is 6.07 Å². The maximum Gasteiger partial charge on any atom is 0.143 e. The lowest BCUT2D eigenvalue weighted by atomic mass is 10.3. The smallest absolute Gasteiger partial charge is 0.143 e. The van der Waals surface area contributed by atoms with Crippen molar-refractivity contribution in [1.82, 2.24) is 0 Å². The first-order chi connectivity index (χ1) is 7.75. The third-order valence-corrected chi connectivity index (χ3v) is 1.98. The number of hydrogen-bond donors (Lipinski definition) is 2. The van der Waals surface area contributed by atoms with Crippen molar-refractivity contribution in [2.24, 2.45) is 10.2 Å². The molecule has 2 rings (SSSR count). The molecule has 0 amide bonds. The second kappa shape index (κ2) is 4.44. The molecule has 0 saturated carbocycles. The van der Waals surface area contributed by atoms with Gasteiger partial charge in [-0.25, -0.2) is 0 Å². The molecule has 0 fully saturated rings. The molecule has 16 heavy (non-hydrogen) atoms. The minimum Gasteiger partial charge on any atom is -0.508 e. The molecular formula is C12H10N2O2. The van der Waals surface area contributed by atoms with Gasteiger partial charge in [0.25, 0.3) is 0 Å². The summed E-state index contributed by atoms with van der Waals surface area (Å²) in [4.78, 5) is 0. The van der Waals surface area contributed by atoms with Crippen LogP contribution in [0.15, 0.2) is 58.8 Å². The Labute approximate surface area is 92.5 Å². The Morgan fingerprint density at radius 2 is 1.62 bits per heavy atom. The minimum atomic E-state index is 0.0754. The van der Waals surface area contributed by atoms with Gasteiger partial charge in [-0.1, -0.05) is 18.2 Å². The first kappa shape index (κ1) is 10.2. The zero-order valence-electron chi connectivity index (χ0n) is 8.41. The van der Waals surface area contributed by atoms with E-state index in [-0.39, 0.29) is 11.5 Å². The van der Waals surface area contributed by atoms with E-state index in [4.69, 9.17) is 0 Å². The normalized spacial score (nSPS) is 10.8. The number of para-hydroxylation sites is 1. The molecule has 0 spiro atoms. The Kier molecular flexibility index (Phi) is 2.82. The molecule has 0 aliphatic heterocycles. The van der Waals surface area contributed by atoms with Crippen LogP contribution in [0.5, 0.6) is 11.5 Å². The van der Waals surface area contributed by atoms with Crippen LogP contribution >= 0.6 is 0 Å². The van der Waals surface area contributed by atoms with Crippen LogP contribution in [0.1, 0.15) is 0 Å². The Morgan fingerprint density at radius 1 is 0.812 bits per heavy atom. The maximum atomic E-state index is 9.44. The van der Waals surface area contributed by atoms with Crippen LogP contribution < -0.4 is 0 Å². The van der Waals surface area contributed by atoms with Gasteiger partial charge in [-0.15, -0.1) is 5.11 Å². The molecule has 0 aromatic heterocycles. The predicted octanol–water partition coefficient (Wildman–Crippen LogP) is 3.51. The molecule has 0 heterocycles. The topological polar surface area (TPSA) is 65.2 Å².